The summed E-state index contributed by atoms with van der Waals surface area (Å²) in [7, 11) is -2.79. The van der Waals surface area contributed by atoms with E-state index in [0.29, 0.717) is 28.7 Å². The van der Waals surface area contributed by atoms with Crippen LogP contribution in [0.15, 0.2) is 84.1 Å². The van der Waals surface area contributed by atoms with Gasteiger partial charge in [-0.15, -0.1) is 0 Å². The van der Waals surface area contributed by atoms with Crippen LogP contribution < -0.4 is 14.7 Å². The van der Waals surface area contributed by atoms with E-state index in [4.69, 9.17) is 21.1 Å². The summed E-state index contributed by atoms with van der Waals surface area (Å²) < 4.78 is 41.3. The van der Waals surface area contributed by atoms with Gasteiger partial charge in [0.1, 0.15) is 28.5 Å². The highest BCUT2D eigenvalue weighted by Crippen LogP contribution is 2.28. The summed E-state index contributed by atoms with van der Waals surface area (Å²) >= 11 is 5.89. The monoisotopic (exact) mass is 458 g/mol. The second kappa shape index (κ2) is 10.1. The molecule has 3 rings (SSSR count). The van der Waals surface area contributed by atoms with E-state index in [-0.39, 0.29) is 6.42 Å². The van der Waals surface area contributed by atoms with Crippen LogP contribution in [-0.2, 0) is 6.42 Å². The number of allylic oxidation sites excluding steroid dienone is 1. The highest BCUT2D eigenvalue weighted by atomic mass is 35.5. The van der Waals surface area contributed by atoms with Crippen molar-refractivity contribution in [2.24, 2.45) is 0 Å². The largest absolute Gasteiger partial charge is 0.494 e. The molecule has 3 aromatic carbocycles. The molecule has 0 heterocycles. The Kier molecular flexibility index (Phi) is 7.52. The molecule has 2 nitrogen and oxygen atoms in total. The molecule has 0 aromatic heterocycles. The van der Waals surface area contributed by atoms with Gasteiger partial charge in [0.05, 0.1) is 6.61 Å². The van der Waals surface area contributed by atoms with Crippen molar-refractivity contribution in [1.82, 2.24) is 0 Å². The molecule has 0 N–H and O–H groups in total. The molecule has 0 radical (unpaired) electrons. The third-order valence-corrected chi connectivity index (χ3v) is 8.38. The minimum Gasteiger partial charge on any atom is -0.494 e. The molecule has 0 amide bonds. The van der Waals surface area contributed by atoms with Gasteiger partial charge >= 0.3 is 0 Å². The van der Waals surface area contributed by atoms with Crippen molar-refractivity contribution < 1.29 is 18.3 Å². The van der Waals surface area contributed by atoms with Crippen LogP contribution in [0.5, 0.6) is 17.2 Å². The van der Waals surface area contributed by atoms with E-state index in [1.54, 1.807) is 73.8 Å². The molecular formula is C25H25ClF2O2Si. The van der Waals surface area contributed by atoms with E-state index in [2.05, 4.69) is 0 Å². The predicted octanol–water partition coefficient (Wildman–Crippen LogP) is 7.38. The number of ether oxygens (including phenoxy) is 2. The Morgan fingerprint density at radius 1 is 0.871 bits per heavy atom. The van der Waals surface area contributed by atoms with Crippen molar-refractivity contribution in [3.8, 4) is 17.2 Å². The Labute approximate surface area is 188 Å². The van der Waals surface area contributed by atoms with Crippen LogP contribution in [0.4, 0.5) is 8.78 Å². The maximum Gasteiger partial charge on any atom is 0.151 e. The smallest absolute Gasteiger partial charge is 0.151 e. The van der Waals surface area contributed by atoms with Crippen molar-refractivity contribution in [2.75, 3.05) is 6.61 Å². The number of hydrogen-bond acceptors (Lipinski definition) is 2. The molecule has 0 fully saturated rings. The molecule has 0 saturated heterocycles. The normalized spacial score (nSPS) is 12.3. The third-order valence-electron chi connectivity index (χ3n) is 4.98. The third kappa shape index (κ3) is 5.96. The standard InChI is InChI=1S/C25H25ClF2O2Si/c1-4-29-20-12-14-23(15-13-20)31(2,3)25(28)24(27)17-18-6-5-7-22(16-18)30-21-10-8-19(26)9-11-21/h5-16H,4,17H2,1-3H3. The van der Waals surface area contributed by atoms with Crippen molar-refractivity contribution in [3.63, 3.8) is 0 Å². The fourth-order valence-corrected chi connectivity index (χ4v) is 5.36. The summed E-state index contributed by atoms with van der Waals surface area (Å²) in [4.78, 5) is 0. The first kappa shape index (κ1) is 23.0. The minimum absolute atomic E-state index is 0.128. The second-order valence-electron chi connectivity index (χ2n) is 7.68. The van der Waals surface area contributed by atoms with Gasteiger partial charge < -0.3 is 9.47 Å². The van der Waals surface area contributed by atoms with E-state index in [1.165, 1.54) is 0 Å². The van der Waals surface area contributed by atoms with Gasteiger partial charge in [0.25, 0.3) is 0 Å². The molecule has 0 saturated carbocycles. The van der Waals surface area contributed by atoms with E-state index in [9.17, 15) is 4.39 Å². The first-order valence-electron chi connectivity index (χ1n) is 10.1. The number of rotatable bonds is 8. The zero-order chi connectivity index (χ0) is 22.4. The molecule has 0 unspecified atom stereocenters. The van der Waals surface area contributed by atoms with Crippen molar-refractivity contribution in [3.05, 3.63) is 94.7 Å². The topological polar surface area (TPSA) is 18.5 Å². The molecule has 0 aliphatic rings. The Morgan fingerprint density at radius 3 is 2.16 bits per heavy atom. The lowest BCUT2D eigenvalue weighted by Crippen LogP contribution is -2.43. The van der Waals surface area contributed by atoms with Gasteiger partial charge in [-0.1, -0.05) is 54.1 Å². The van der Waals surface area contributed by atoms with Crippen LogP contribution in [0.25, 0.3) is 0 Å². The van der Waals surface area contributed by atoms with Crippen LogP contribution in [0, 0.1) is 0 Å². The molecule has 0 aliphatic carbocycles. The SMILES string of the molecule is CCOc1ccc([Si](C)(C)C(F)=C(F)Cc2cccc(Oc3ccc(Cl)cc3)c2)cc1. The highest BCUT2D eigenvalue weighted by Gasteiger charge is 2.32. The molecular weight excluding hydrogens is 434 g/mol. The average Bonchev–Trinajstić information content (AvgIpc) is 2.75. The fraction of sp³-hybridized carbons (Fsp3) is 0.200. The van der Waals surface area contributed by atoms with E-state index < -0.39 is 19.4 Å². The van der Waals surface area contributed by atoms with Crippen LogP contribution in [0.3, 0.4) is 0 Å². The van der Waals surface area contributed by atoms with Crippen LogP contribution in [-0.4, -0.2) is 14.7 Å². The zero-order valence-electron chi connectivity index (χ0n) is 17.8. The maximum absolute atomic E-state index is 15.2. The van der Waals surface area contributed by atoms with Crippen molar-refractivity contribution in [1.29, 1.82) is 0 Å². The molecule has 0 atom stereocenters. The number of halogens is 3. The average molecular weight is 459 g/mol. The van der Waals surface area contributed by atoms with Gasteiger partial charge in [-0.2, -0.15) is 0 Å². The first-order chi connectivity index (χ1) is 14.8. The quantitative estimate of drug-likeness (QED) is 0.328. The maximum atomic E-state index is 15.2. The lowest BCUT2D eigenvalue weighted by atomic mass is 10.1. The molecule has 162 valence electrons. The molecule has 0 bridgehead atoms. The van der Waals surface area contributed by atoms with Crippen LogP contribution in [0.2, 0.25) is 18.1 Å². The Balaban J connectivity index is 1.76. The molecule has 6 heteroatoms. The van der Waals surface area contributed by atoms with Gasteiger partial charge in [0, 0.05) is 11.4 Å². The molecule has 3 aromatic rings. The Bertz CT molecular complexity index is 1050. The highest BCUT2D eigenvalue weighted by molar-refractivity contribution is 6.95. The number of hydrogen-bond donors (Lipinski definition) is 0. The molecule has 0 spiro atoms. The fourth-order valence-electron chi connectivity index (χ4n) is 3.21. The van der Waals surface area contributed by atoms with Gasteiger partial charge in [0.2, 0.25) is 0 Å². The van der Waals surface area contributed by atoms with Gasteiger partial charge in [0.15, 0.2) is 8.07 Å². The second-order valence-corrected chi connectivity index (χ2v) is 12.4. The predicted molar refractivity (Wildman–Crippen MR) is 126 cm³/mol. The van der Waals surface area contributed by atoms with Gasteiger partial charge in [-0.05, 0) is 61.0 Å². The summed E-state index contributed by atoms with van der Waals surface area (Å²) in [5, 5.41) is 1.42. The Morgan fingerprint density at radius 2 is 1.52 bits per heavy atom. The van der Waals surface area contributed by atoms with Crippen molar-refractivity contribution >= 4 is 24.9 Å². The lowest BCUT2D eigenvalue weighted by Gasteiger charge is -2.22. The minimum atomic E-state index is -2.79. The van der Waals surface area contributed by atoms with Gasteiger partial charge in [-0.25, -0.2) is 8.78 Å². The van der Waals surface area contributed by atoms with Crippen LogP contribution in [0.1, 0.15) is 12.5 Å². The van der Waals surface area contributed by atoms with E-state index in [1.807, 2.05) is 19.1 Å². The molecule has 0 aliphatic heterocycles. The van der Waals surface area contributed by atoms with Crippen LogP contribution >= 0.6 is 11.6 Å². The summed E-state index contributed by atoms with van der Waals surface area (Å²) in [5.74, 6) is 1.15. The van der Waals surface area contributed by atoms with Gasteiger partial charge in [-0.3, -0.25) is 0 Å². The van der Waals surface area contributed by atoms with Crippen molar-refractivity contribution in [2.45, 2.75) is 26.4 Å². The summed E-state index contributed by atoms with van der Waals surface area (Å²) in [5.41, 5.74) is -0.0173. The summed E-state index contributed by atoms with van der Waals surface area (Å²) in [6.07, 6.45) is -0.128. The Hall–Kier alpha value is -2.63. The zero-order valence-corrected chi connectivity index (χ0v) is 19.5. The summed E-state index contributed by atoms with van der Waals surface area (Å²) in [6, 6.07) is 21.2. The molecule has 31 heavy (non-hydrogen) atoms. The summed E-state index contributed by atoms with van der Waals surface area (Å²) in [6.45, 7) is 6.07. The first-order valence-corrected chi connectivity index (χ1v) is 13.5. The lowest BCUT2D eigenvalue weighted by molar-refractivity contribution is 0.340. The van der Waals surface area contributed by atoms with E-state index >= 15 is 4.39 Å². The van der Waals surface area contributed by atoms with E-state index in [0.717, 1.165) is 10.9 Å². The number of benzene rings is 3.